The van der Waals surface area contributed by atoms with E-state index in [1.54, 1.807) is 0 Å². The van der Waals surface area contributed by atoms with Crippen LogP contribution in [-0.4, -0.2) is 37.7 Å². The number of hydrogen-bond acceptors (Lipinski definition) is 3. The van der Waals surface area contributed by atoms with Gasteiger partial charge in [0.2, 0.25) is 5.91 Å². The Morgan fingerprint density at radius 2 is 2.35 bits per heavy atom. The van der Waals surface area contributed by atoms with Crippen LogP contribution in [0.1, 0.15) is 40.0 Å². The molecular weight excluding hydrogens is 216 g/mol. The van der Waals surface area contributed by atoms with E-state index in [4.69, 9.17) is 4.74 Å². The lowest BCUT2D eigenvalue weighted by Crippen LogP contribution is -2.43. The monoisotopic (exact) mass is 242 g/mol. The quantitative estimate of drug-likeness (QED) is 0.738. The van der Waals surface area contributed by atoms with Crippen LogP contribution < -0.4 is 10.6 Å². The molecule has 0 aromatic heterocycles. The number of hydrogen-bond donors (Lipinski definition) is 2. The largest absolute Gasteiger partial charge is 0.367 e. The molecule has 1 rings (SSSR count). The van der Waals surface area contributed by atoms with Crippen LogP contribution in [0.5, 0.6) is 0 Å². The first-order chi connectivity index (χ1) is 8.13. The molecule has 0 spiro atoms. The van der Waals surface area contributed by atoms with Gasteiger partial charge in [0, 0.05) is 12.6 Å². The molecule has 3 atom stereocenters. The van der Waals surface area contributed by atoms with Crippen LogP contribution in [0.25, 0.3) is 0 Å². The lowest BCUT2D eigenvalue weighted by molar-refractivity contribution is -0.129. The maximum absolute atomic E-state index is 11.6. The Bertz CT molecular complexity index is 233. The van der Waals surface area contributed by atoms with Gasteiger partial charge < -0.3 is 15.4 Å². The average Bonchev–Trinajstić information content (AvgIpc) is 2.28. The molecule has 0 aromatic carbocycles. The Kier molecular flexibility index (Phi) is 6.52. The Balaban J connectivity index is 2.18. The average molecular weight is 242 g/mol. The lowest BCUT2D eigenvalue weighted by Gasteiger charge is -2.29. The number of piperidine rings is 1. The molecule has 1 fully saturated rings. The van der Waals surface area contributed by atoms with Crippen LogP contribution >= 0.6 is 0 Å². The molecule has 1 aliphatic heterocycles. The molecule has 0 aliphatic carbocycles. The standard InChI is InChI=1S/C13H26N2O2/c1-4-5-11(3)15-13(16)9-17-12-8-14-7-6-10(12)2/h10-12,14H,4-9H2,1-3H3,(H,15,16). The molecule has 4 nitrogen and oxygen atoms in total. The molecular formula is C13H26N2O2. The molecule has 3 unspecified atom stereocenters. The highest BCUT2D eigenvalue weighted by atomic mass is 16.5. The van der Waals surface area contributed by atoms with Crippen molar-refractivity contribution < 1.29 is 9.53 Å². The Morgan fingerprint density at radius 3 is 3.00 bits per heavy atom. The predicted molar refractivity (Wildman–Crippen MR) is 68.9 cm³/mol. The highest BCUT2D eigenvalue weighted by Crippen LogP contribution is 2.14. The summed E-state index contributed by atoms with van der Waals surface area (Å²) >= 11 is 0. The normalized spacial score (nSPS) is 26.5. The molecule has 1 heterocycles. The number of rotatable bonds is 6. The van der Waals surface area contributed by atoms with Crippen molar-refractivity contribution in [1.29, 1.82) is 0 Å². The summed E-state index contributed by atoms with van der Waals surface area (Å²) in [7, 11) is 0. The minimum Gasteiger partial charge on any atom is -0.367 e. The van der Waals surface area contributed by atoms with Gasteiger partial charge in [-0.15, -0.1) is 0 Å². The summed E-state index contributed by atoms with van der Waals surface area (Å²) in [4.78, 5) is 11.6. The van der Waals surface area contributed by atoms with Crippen LogP contribution in [0, 0.1) is 5.92 Å². The molecule has 0 saturated carbocycles. The molecule has 1 amide bonds. The molecule has 0 aromatic rings. The van der Waals surface area contributed by atoms with Crippen LogP contribution in [-0.2, 0) is 9.53 Å². The van der Waals surface area contributed by atoms with Crippen LogP contribution in [0.3, 0.4) is 0 Å². The van der Waals surface area contributed by atoms with Gasteiger partial charge in [0.1, 0.15) is 6.61 Å². The summed E-state index contributed by atoms with van der Waals surface area (Å²) in [5.74, 6) is 0.542. The summed E-state index contributed by atoms with van der Waals surface area (Å²) in [5, 5.41) is 6.24. The van der Waals surface area contributed by atoms with E-state index >= 15 is 0 Å². The van der Waals surface area contributed by atoms with Crippen molar-refractivity contribution in [1.82, 2.24) is 10.6 Å². The van der Waals surface area contributed by atoms with E-state index in [1.165, 1.54) is 0 Å². The molecule has 2 N–H and O–H groups in total. The Hall–Kier alpha value is -0.610. The van der Waals surface area contributed by atoms with E-state index in [2.05, 4.69) is 24.5 Å². The van der Waals surface area contributed by atoms with E-state index in [0.29, 0.717) is 5.92 Å². The van der Waals surface area contributed by atoms with Gasteiger partial charge in [0.15, 0.2) is 0 Å². The van der Waals surface area contributed by atoms with E-state index < -0.39 is 0 Å². The summed E-state index contributed by atoms with van der Waals surface area (Å²) in [6.45, 7) is 8.44. The molecule has 1 saturated heterocycles. The topological polar surface area (TPSA) is 50.4 Å². The number of amides is 1. The van der Waals surface area contributed by atoms with Crippen LogP contribution in [0.15, 0.2) is 0 Å². The number of carbonyl (C=O) groups is 1. The third kappa shape index (κ3) is 5.50. The lowest BCUT2D eigenvalue weighted by atomic mass is 9.97. The van der Waals surface area contributed by atoms with E-state index in [-0.39, 0.29) is 24.7 Å². The number of nitrogens with one attached hydrogen (secondary N) is 2. The fourth-order valence-electron chi connectivity index (χ4n) is 2.19. The second-order valence-electron chi connectivity index (χ2n) is 5.08. The zero-order valence-electron chi connectivity index (χ0n) is 11.3. The SMILES string of the molecule is CCCC(C)NC(=O)COC1CNCCC1C. The fraction of sp³-hybridized carbons (Fsp3) is 0.923. The van der Waals surface area contributed by atoms with E-state index in [0.717, 1.165) is 32.4 Å². The minimum absolute atomic E-state index is 0.00345. The highest BCUT2D eigenvalue weighted by Gasteiger charge is 2.22. The van der Waals surface area contributed by atoms with Gasteiger partial charge >= 0.3 is 0 Å². The number of ether oxygens (including phenoxy) is 1. The second kappa shape index (κ2) is 7.67. The van der Waals surface area contributed by atoms with Crippen molar-refractivity contribution in [2.75, 3.05) is 19.7 Å². The maximum atomic E-state index is 11.6. The fourth-order valence-corrected chi connectivity index (χ4v) is 2.19. The molecule has 0 radical (unpaired) electrons. The van der Waals surface area contributed by atoms with E-state index in [1.807, 2.05) is 6.92 Å². The Labute approximate surface area is 104 Å². The van der Waals surface area contributed by atoms with Crippen molar-refractivity contribution in [3.63, 3.8) is 0 Å². The molecule has 100 valence electrons. The van der Waals surface area contributed by atoms with Crippen LogP contribution in [0.4, 0.5) is 0 Å². The van der Waals surface area contributed by atoms with Gasteiger partial charge in [0.25, 0.3) is 0 Å². The van der Waals surface area contributed by atoms with Crippen molar-refractivity contribution in [2.24, 2.45) is 5.92 Å². The van der Waals surface area contributed by atoms with Crippen LogP contribution in [0.2, 0.25) is 0 Å². The highest BCUT2D eigenvalue weighted by molar-refractivity contribution is 5.77. The molecule has 4 heteroatoms. The van der Waals surface area contributed by atoms with Crippen molar-refractivity contribution in [2.45, 2.75) is 52.2 Å². The third-order valence-corrected chi connectivity index (χ3v) is 3.31. The smallest absolute Gasteiger partial charge is 0.246 e. The zero-order chi connectivity index (χ0) is 12.7. The van der Waals surface area contributed by atoms with Gasteiger partial charge in [-0.1, -0.05) is 20.3 Å². The first-order valence-electron chi connectivity index (χ1n) is 6.75. The van der Waals surface area contributed by atoms with Crippen molar-refractivity contribution >= 4 is 5.91 Å². The first-order valence-corrected chi connectivity index (χ1v) is 6.75. The minimum atomic E-state index is 0.00345. The predicted octanol–water partition coefficient (Wildman–Crippen LogP) is 1.31. The molecule has 1 aliphatic rings. The second-order valence-corrected chi connectivity index (χ2v) is 5.08. The van der Waals surface area contributed by atoms with Gasteiger partial charge in [-0.25, -0.2) is 0 Å². The molecule has 17 heavy (non-hydrogen) atoms. The maximum Gasteiger partial charge on any atom is 0.246 e. The zero-order valence-corrected chi connectivity index (χ0v) is 11.3. The van der Waals surface area contributed by atoms with Gasteiger partial charge in [-0.3, -0.25) is 4.79 Å². The summed E-state index contributed by atoms with van der Waals surface area (Å²) in [6, 6.07) is 0.248. The first kappa shape index (κ1) is 14.5. The van der Waals surface area contributed by atoms with Crippen molar-refractivity contribution in [3.05, 3.63) is 0 Å². The Morgan fingerprint density at radius 1 is 1.59 bits per heavy atom. The summed E-state index contributed by atoms with van der Waals surface area (Å²) < 4.78 is 5.66. The van der Waals surface area contributed by atoms with E-state index in [9.17, 15) is 4.79 Å². The van der Waals surface area contributed by atoms with Gasteiger partial charge in [0.05, 0.1) is 6.10 Å². The molecule has 0 bridgehead atoms. The van der Waals surface area contributed by atoms with Gasteiger partial charge in [-0.05, 0) is 32.2 Å². The summed E-state index contributed by atoms with van der Waals surface area (Å²) in [6.07, 6.45) is 3.41. The number of carbonyl (C=O) groups excluding carboxylic acids is 1. The van der Waals surface area contributed by atoms with Crippen molar-refractivity contribution in [3.8, 4) is 0 Å². The third-order valence-electron chi connectivity index (χ3n) is 3.31. The van der Waals surface area contributed by atoms with Gasteiger partial charge in [-0.2, -0.15) is 0 Å². The summed E-state index contributed by atoms with van der Waals surface area (Å²) in [5.41, 5.74) is 0.